The molecule has 1 aliphatic rings. The maximum atomic E-state index is 12.7. The van der Waals surface area contributed by atoms with Gasteiger partial charge in [0.1, 0.15) is 5.82 Å². The zero-order chi connectivity index (χ0) is 11.2. The van der Waals surface area contributed by atoms with Crippen LogP contribution in [0.25, 0.3) is 6.08 Å². The molecule has 1 heterocycles. The van der Waals surface area contributed by atoms with E-state index in [4.69, 9.17) is 0 Å². The lowest BCUT2D eigenvalue weighted by atomic mass is 10.1. The van der Waals surface area contributed by atoms with Crippen molar-refractivity contribution in [2.24, 2.45) is 0 Å². The van der Waals surface area contributed by atoms with Crippen LogP contribution in [0.2, 0.25) is 0 Å². The number of halogens is 1. The number of piperidine rings is 1. The molecule has 0 spiro atoms. The first-order chi connectivity index (χ1) is 7.84. The van der Waals surface area contributed by atoms with Gasteiger partial charge >= 0.3 is 0 Å². The van der Waals surface area contributed by atoms with E-state index in [1.807, 2.05) is 12.1 Å². The Morgan fingerprint density at radius 3 is 2.44 bits per heavy atom. The monoisotopic (exact) mass is 219 g/mol. The summed E-state index contributed by atoms with van der Waals surface area (Å²) in [4.78, 5) is 2.46. The van der Waals surface area contributed by atoms with Crippen molar-refractivity contribution in [2.45, 2.75) is 19.3 Å². The van der Waals surface area contributed by atoms with Crippen LogP contribution in [0.3, 0.4) is 0 Å². The molecule has 0 N–H and O–H groups in total. The normalized spacial score (nSPS) is 18.1. The van der Waals surface area contributed by atoms with Crippen LogP contribution in [0, 0.1) is 5.82 Å². The summed E-state index contributed by atoms with van der Waals surface area (Å²) in [6.07, 6.45) is 8.25. The molecule has 0 aromatic heterocycles. The lowest BCUT2D eigenvalue weighted by Gasteiger charge is -2.24. The van der Waals surface area contributed by atoms with Crippen LogP contribution in [0.15, 0.2) is 30.3 Å². The van der Waals surface area contributed by atoms with E-state index in [1.165, 1.54) is 44.5 Å². The Balaban J connectivity index is 1.82. The topological polar surface area (TPSA) is 3.24 Å². The van der Waals surface area contributed by atoms with E-state index in [2.05, 4.69) is 17.1 Å². The van der Waals surface area contributed by atoms with Crippen molar-refractivity contribution in [3.8, 4) is 0 Å². The summed E-state index contributed by atoms with van der Waals surface area (Å²) < 4.78 is 12.7. The van der Waals surface area contributed by atoms with E-state index in [0.29, 0.717) is 0 Å². The largest absolute Gasteiger partial charge is 0.300 e. The second-order valence-electron chi connectivity index (χ2n) is 4.32. The molecular weight excluding hydrogens is 201 g/mol. The van der Waals surface area contributed by atoms with Crippen molar-refractivity contribution in [1.82, 2.24) is 4.90 Å². The maximum absolute atomic E-state index is 12.7. The van der Waals surface area contributed by atoms with Crippen molar-refractivity contribution in [3.63, 3.8) is 0 Å². The van der Waals surface area contributed by atoms with Crippen molar-refractivity contribution >= 4 is 6.08 Å². The summed E-state index contributed by atoms with van der Waals surface area (Å²) in [5.41, 5.74) is 1.07. The molecule has 0 unspecified atom stereocenters. The maximum Gasteiger partial charge on any atom is 0.123 e. The van der Waals surface area contributed by atoms with Gasteiger partial charge in [0.05, 0.1) is 0 Å². The van der Waals surface area contributed by atoms with Crippen molar-refractivity contribution in [3.05, 3.63) is 41.7 Å². The second kappa shape index (κ2) is 5.80. The molecule has 2 heteroatoms. The molecule has 0 aliphatic carbocycles. The molecule has 1 saturated heterocycles. The van der Waals surface area contributed by atoms with Gasteiger partial charge in [-0.05, 0) is 43.6 Å². The molecule has 1 fully saturated rings. The van der Waals surface area contributed by atoms with Crippen LogP contribution in [0.1, 0.15) is 24.8 Å². The average Bonchev–Trinajstić information content (AvgIpc) is 2.33. The first-order valence-electron chi connectivity index (χ1n) is 5.99. The zero-order valence-corrected chi connectivity index (χ0v) is 9.53. The highest BCUT2D eigenvalue weighted by atomic mass is 19.1. The van der Waals surface area contributed by atoms with E-state index in [-0.39, 0.29) is 5.82 Å². The summed E-state index contributed by atoms with van der Waals surface area (Å²) in [5.74, 6) is -0.173. The lowest BCUT2D eigenvalue weighted by Crippen LogP contribution is -2.29. The number of likely N-dealkylation sites (tertiary alicyclic amines) is 1. The molecule has 0 radical (unpaired) electrons. The molecule has 2 rings (SSSR count). The number of hydrogen-bond donors (Lipinski definition) is 0. The molecule has 86 valence electrons. The molecule has 16 heavy (non-hydrogen) atoms. The minimum absolute atomic E-state index is 0.173. The van der Waals surface area contributed by atoms with Gasteiger partial charge in [0.2, 0.25) is 0 Å². The molecule has 0 saturated carbocycles. The Bertz CT molecular complexity index is 336. The van der Waals surface area contributed by atoms with E-state index in [1.54, 1.807) is 0 Å². The molecule has 1 aliphatic heterocycles. The SMILES string of the molecule is Fc1ccc(/C=C/CN2CCCCC2)cc1. The summed E-state index contributed by atoms with van der Waals surface area (Å²) in [6.45, 7) is 3.44. The van der Waals surface area contributed by atoms with Gasteiger partial charge in [-0.2, -0.15) is 0 Å². The van der Waals surface area contributed by atoms with Crippen molar-refractivity contribution in [1.29, 1.82) is 0 Å². The summed E-state index contributed by atoms with van der Waals surface area (Å²) in [5, 5.41) is 0. The minimum Gasteiger partial charge on any atom is -0.300 e. The Hall–Kier alpha value is -1.15. The molecule has 0 atom stereocenters. The molecule has 1 nitrogen and oxygen atoms in total. The van der Waals surface area contributed by atoms with Crippen LogP contribution < -0.4 is 0 Å². The number of hydrogen-bond acceptors (Lipinski definition) is 1. The van der Waals surface area contributed by atoms with Crippen LogP contribution in [-0.4, -0.2) is 24.5 Å². The molecule has 1 aromatic rings. The van der Waals surface area contributed by atoms with Crippen molar-refractivity contribution < 1.29 is 4.39 Å². The Kier molecular flexibility index (Phi) is 4.11. The predicted octanol–water partition coefficient (Wildman–Crippen LogP) is 3.32. The molecular formula is C14H18FN. The van der Waals surface area contributed by atoms with Gasteiger partial charge < -0.3 is 0 Å². The second-order valence-corrected chi connectivity index (χ2v) is 4.32. The quantitative estimate of drug-likeness (QED) is 0.753. The number of benzene rings is 1. The standard InChI is InChI=1S/C14H18FN/c15-14-8-6-13(7-9-14)5-4-12-16-10-2-1-3-11-16/h4-9H,1-3,10-12H2/b5-4+. The Morgan fingerprint density at radius 1 is 1.06 bits per heavy atom. The third-order valence-corrected chi connectivity index (χ3v) is 2.99. The number of nitrogens with zero attached hydrogens (tertiary/aromatic N) is 1. The summed E-state index contributed by atoms with van der Waals surface area (Å²) in [7, 11) is 0. The lowest BCUT2D eigenvalue weighted by molar-refractivity contribution is 0.252. The van der Waals surface area contributed by atoms with Crippen LogP contribution in [-0.2, 0) is 0 Å². The van der Waals surface area contributed by atoms with Gasteiger partial charge in [0.25, 0.3) is 0 Å². The molecule has 1 aromatic carbocycles. The van der Waals surface area contributed by atoms with E-state index in [9.17, 15) is 4.39 Å². The first kappa shape index (κ1) is 11.3. The summed E-state index contributed by atoms with van der Waals surface area (Å²) >= 11 is 0. The Morgan fingerprint density at radius 2 is 1.75 bits per heavy atom. The third-order valence-electron chi connectivity index (χ3n) is 2.99. The van der Waals surface area contributed by atoms with Gasteiger partial charge in [0, 0.05) is 6.54 Å². The highest BCUT2D eigenvalue weighted by Gasteiger charge is 2.07. The highest BCUT2D eigenvalue weighted by Crippen LogP contribution is 2.09. The summed E-state index contributed by atoms with van der Waals surface area (Å²) in [6, 6.07) is 6.62. The average molecular weight is 219 g/mol. The Labute approximate surface area is 96.6 Å². The van der Waals surface area contributed by atoms with Gasteiger partial charge in [-0.1, -0.05) is 30.7 Å². The van der Waals surface area contributed by atoms with Gasteiger partial charge in [-0.15, -0.1) is 0 Å². The zero-order valence-electron chi connectivity index (χ0n) is 9.53. The number of rotatable bonds is 3. The van der Waals surface area contributed by atoms with Crippen LogP contribution in [0.5, 0.6) is 0 Å². The molecule has 0 bridgehead atoms. The highest BCUT2D eigenvalue weighted by molar-refractivity contribution is 5.48. The van der Waals surface area contributed by atoms with Gasteiger partial charge in [-0.25, -0.2) is 4.39 Å². The fourth-order valence-corrected chi connectivity index (χ4v) is 2.05. The van der Waals surface area contributed by atoms with Gasteiger partial charge in [0.15, 0.2) is 0 Å². The fraction of sp³-hybridized carbons (Fsp3) is 0.429. The third kappa shape index (κ3) is 3.46. The molecule has 0 amide bonds. The van der Waals surface area contributed by atoms with Crippen molar-refractivity contribution in [2.75, 3.05) is 19.6 Å². The van der Waals surface area contributed by atoms with E-state index >= 15 is 0 Å². The first-order valence-corrected chi connectivity index (χ1v) is 5.99. The minimum atomic E-state index is -0.173. The van der Waals surface area contributed by atoms with E-state index < -0.39 is 0 Å². The predicted molar refractivity (Wildman–Crippen MR) is 65.7 cm³/mol. The van der Waals surface area contributed by atoms with E-state index in [0.717, 1.165) is 12.1 Å². The smallest absolute Gasteiger partial charge is 0.123 e. The fourth-order valence-electron chi connectivity index (χ4n) is 2.05. The van der Waals surface area contributed by atoms with Crippen LogP contribution in [0.4, 0.5) is 4.39 Å². The van der Waals surface area contributed by atoms with Gasteiger partial charge in [-0.3, -0.25) is 4.90 Å². The van der Waals surface area contributed by atoms with Crippen LogP contribution >= 0.6 is 0 Å².